The van der Waals surface area contributed by atoms with Crippen LogP contribution in [0.25, 0.3) is 0 Å². The fourth-order valence-corrected chi connectivity index (χ4v) is 4.56. The number of nitrogens with zero attached hydrogens (tertiary/aromatic N) is 2. The third-order valence-electron chi connectivity index (χ3n) is 5.04. The SMILES string of the molecule is COc1ccc(NS(=O)(=O)c2ccc(C#N)cc2)c2c1CC(N(C)C)CC2. The number of benzene rings is 2. The average Bonchev–Trinajstić information content (AvgIpc) is 2.67. The van der Waals surface area contributed by atoms with Gasteiger partial charge >= 0.3 is 0 Å². The Balaban J connectivity index is 1.96. The van der Waals surface area contributed by atoms with Crippen molar-refractivity contribution in [1.82, 2.24) is 4.90 Å². The quantitative estimate of drug-likeness (QED) is 0.856. The summed E-state index contributed by atoms with van der Waals surface area (Å²) in [4.78, 5) is 2.32. The molecule has 1 atom stereocenters. The zero-order valence-corrected chi connectivity index (χ0v) is 16.5. The summed E-state index contributed by atoms with van der Waals surface area (Å²) in [6.07, 6.45) is 2.55. The number of hydrogen-bond donors (Lipinski definition) is 1. The van der Waals surface area contributed by atoms with Crippen LogP contribution in [0.15, 0.2) is 41.3 Å². The molecule has 3 rings (SSSR count). The molecule has 2 aromatic carbocycles. The first-order valence-electron chi connectivity index (χ1n) is 8.74. The van der Waals surface area contributed by atoms with E-state index < -0.39 is 10.0 Å². The molecule has 27 heavy (non-hydrogen) atoms. The third-order valence-corrected chi connectivity index (χ3v) is 6.43. The topological polar surface area (TPSA) is 82.4 Å². The highest BCUT2D eigenvalue weighted by atomic mass is 32.2. The first kappa shape index (κ1) is 19.2. The Hall–Kier alpha value is -2.56. The molecule has 0 spiro atoms. The van der Waals surface area contributed by atoms with Crippen LogP contribution >= 0.6 is 0 Å². The highest BCUT2D eigenvalue weighted by Gasteiger charge is 2.27. The van der Waals surface area contributed by atoms with E-state index in [9.17, 15) is 8.42 Å². The monoisotopic (exact) mass is 385 g/mol. The lowest BCUT2D eigenvalue weighted by molar-refractivity contribution is 0.265. The fraction of sp³-hybridized carbons (Fsp3) is 0.350. The number of sulfonamides is 1. The highest BCUT2D eigenvalue weighted by Crippen LogP contribution is 2.36. The molecule has 0 saturated heterocycles. The fourth-order valence-electron chi connectivity index (χ4n) is 3.47. The first-order valence-corrected chi connectivity index (χ1v) is 10.2. The number of hydrogen-bond acceptors (Lipinski definition) is 5. The summed E-state index contributed by atoms with van der Waals surface area (Å²) in [5, 5.41) is 8.88. The molecule has 7 heteroatoms. The molecule has 1 N–H and O–H groups in total. The third kappa shape index (κ3) is 3.92. The minimum absolute atomic E-state index is 0.132. The lowest BCUT2D eigenvalue weighted by Gasteiger charge is -2.32. The second kappa shape index (κ2) is 7.59. The van der Waals surface area contributed by atoms with Crippen molar-refractivity contribution in [3.05, 3.63) is 53.1 Å². The zero-order valence-electron chi connectivity index (χ0n) is 15.7. The Kier molecular flexibility index (Phi) is 5.40. The molecule has 1 aliphatic carbocycles. The molecular formula is C20H23N3O3S. The van der Waals surface area contributed by atoms with E-state index in [1.165, 1.54) is 24.3 Å². The summed E-state index contributed by atoms with van der Waals surface area (Å²) < 4.78 is 33.8. The summed E-state index contributed by atoms with van der Waals surface area (Å²) in [5.74, 6) is 0.790. The number of methoxy groups -OCH3 is 1. The highest BCUT2D eigenvalue weighted by molar-refractivity contribution is 7.92. The van der Waals surface area contributed by atoms with Crippen LogP contribution in [0.4, 0.5) is 5.69 Å². The molecule has 0 aliphatic heterocycles. The summed E-state index contributed by atoms with van der Waals surface area (Å²) in [5.41, 5.74) is 3.06. The van der Waals surface area contributed by atoms with Crippen LogP contribution in [0.1, 0.15) is 23.1 Å². The molecule has 142 valence electrons. The van der Waals surface area contributed by atoms with Crippen molar-refractivity contribution in [3.63, 3.8) is 0 Å². The number of fused-ring (bicyclic) bond motifs is 1. The molecule has 1 aliphatic rings. The standard InChI is InChI=1S/C20H23N3O3S/c1-23(2)15-6-9-17-18(12-15)20(26-3)11-10-19(17)22-27(24,25)16-7-4-14(13-21)5-8-16/h4-5,7-8,10-11,15,22H,6,9,12H2,1-3H3. The average molecular weight is 385 g/mol. The Labute approximate surface area is 160 Å². The van der Waals surface area contributed by atoms with Crippen molar-refractivity contribution in [2.45, 2.75) is 30.2 Å². The van der Waals surface area contributed by atoms with E-state index >= 15 is 0 Å². The summed E-state index contributed by atoms with van der Waals surface area (Å²) in [6, 6.07) is 11.8. The zero-order chi connectivity index (χ0) is 19.6. The van der Waals surface area contributed by atoms with Gasteiger partial charge in [0.05, 0.1) is 29.3 Å². The Bertz CT molecular complexity index is 977. The van der Waals surface area contributed by atoms with Gasteiger partial charge in [-0.3, -0.25) is 4.72 Å². The van der Waals surface area contributed by atoms with Gasteiger partial charge in [0, 0.05) is 11.6 Å². The Morgan fingerprint density at radius 3 is 2.44 bits per heavy atom. The number of ether oxygens (including phenoxy) is 1. The van der Waals surface area contributed by atoms with Crippen LogP contribution in [0.5, 0.6) is 5.75 Å². The second-order valence-corrected chi connectivity index (χ2v) is 8.56. The van der Waals surface area contributed by atoms with Crippen molar-refractivity contribution in [2.75, 3.05) is 25.9 Å². The molecule has 0 amide bonds. The Morgan fingerprint density at radius 1 is 1.15 bits per heavy atom. The molecule has 2 aromatic rings. The maximum Gasteiger partial charge on any atom is 0.261 e. The van der Waals surface area contributed by atoms with E-state index in [1.807, 2.05) is 12.1 Å². The molecule has 6 nitrogen and oxygen atoms in total. The van der Waals surface area contributed by atoms with Gasteiger partial charge in [-0.05, 0) is 75.3 Å². The van der Waals surface area contributed by atoms with Crippen molar-refractivity contribution >= 4 is 15.7 Å². The van der Waals surface area contributed by atoms with Crippen LogP contribution in [-0.2, 0) is 22.9 Å². The van der Waals surface area contributed by atoms with E-state index in [0.717, 1.165) is 36.1 Å². The maximum absolute atomic E-state index is 12.8. The van der Waals surface area contributed by atoms with Crippen molar-refractivity contribution in [2.24, 2.45) is 0 Å². The molecule has 0 aromatic heterocycles. The smallest absolute Gasteiger partial charge is 0.261 e. The lowest BCUT2D eigenvalue weighted by Crippen LogP contribution is -2.34. The second-order valence-electron chi connectivity index (χ2n) is 6.87. The van der Waals surface area contributed by atoms with E-state index in [0.29, 0.717) is 17.3 Å². The van der Waals surface area contributed by atoms with E-state index in [-0.39, 0.29) is 4.90 Å². The van der Waals surface area contributed by atoms with Crippen LogP contribution < -0.4 is 9.46 Å². The molecule has 1 unspecified atom stereocenters. The predicted molar refractivity (Wildman–Crippen MR) is 104 cm³/mol. The van der Waals surface area contributed by atoms with Gasteiger partial charge < -0.3 is 9.64 Å². The van der Waals surface area contributed by atoms with Gasteiger partial charge in [0.1, 0.15) is 5.75 Å². The van der Waals surface area contributed by atoms with Gasteiger partial charge in [-0.15, -0.1) is 0 Å². The number of nitrogens with one attached hydrogen (secondary N) is 1. The number of nitriles is 1. The first-order chi connectivity index (χ1) is 12.9. The van der Waals surface area contributed by atoms with Gasteiger partial charge in [-0.2, -0.15) is 5.26 Å². The molecule has 0 fully saturated rings. The van der Waals surface area contributed by atoms with Gasteiger partial charge in [0.25, 0.3) is 10.0 Å². The van der Waals surface area contributed by atoms with E-state index in [1.54, 1.807) is 13.2 Å². The van der Waals surface area contributed by atoms with Gasteiger partial charge in [-0.25, -0.2) is 8.42 Å². The maximum atomic E-state index is 12.8. The van der Waals surface area contributed by atoms with Crippen molar-refractivity contribution in [1.29, 1.82) is 5.26 Å². The predicted octanol–water partition coefficient (Wildman–Crippen LogP) is 2.79. The van der Waals surface area contributed by atoms with Crippen molar-refractivity contribution in [3.8, 4) is 11.8 Å². The summed E-state index contributed by atoms with van der Waals surface area (Å²) >= 11 is 0. The van der Waals surface area contributed by atoms with Crippen LogP contribution in [0.2, 0.25) is 0 Å². The normalized spacial score (nSPS) is 16.5. The largest absolute Gasteiger partial charge is 0.496 e. The van der Waals surface area contributed by atoms with Crippen LogP contribution in [0.3, 0.4) is 0 Å². The van der Waals surface area contributed by atoms with Gasteiger partial charge in [0.2, 0.25) is 0 Å². The molecule has 0 heterocycles. The number of anilines is 1. The van der Waals surface area contributed by atoms with Crippen LogP contribution in [0, 0.1) is 11.3 Å². The van der Waals surface area contributed by atoms with Gasteiger partial charge in [0.15, 0.2) is 0 Å². The van der Waals surface area contributed by atoms with E-state index in [4.69, 9.17) is 10.00 Å². The van der Waals surface area contributed by atoms with Crippen molar-refractivity contribution < 1.29 is 13.2 Å². The molecule has 0 radical (unpaired) electrons. The number of rotatable bonds is 5. The minimum Gasteiger partial charge on any atom is -0.496 e. The number of likely N-dealkylation sites (N-methyl/N-ethyl adjacent to an activating group) is 1. The molecular weight excluding hydrogens is 362 g/mol. The lowest BCUT2D eigenvalue weighted by atomic mass is 9.86. The van der Waals surface area contributed by atoms with E-state index in [2.05, 4.69) is 23.7 Å². The van der Waals surface area contributed by atoms with Gasteiger partial charge in [-0.1, -0.05) is 0 Å². The van der Waals surface area contributed by atoms with Crippen LogP contribution in [-0.4, -0.2) is 40.6 Å². The summed E-state index contributed by atoms with van der Waals surface area (Å²) in [7, 11) is 2.01. The molecule has 0 bridgehead atoms. The summed E-state index contributed by atoms with van der Waals surface area (Å²) in [6.45, 7) is 0. The molecule has 0 saturated carbocycles. The minimum atomic E-state index is -3.73. The Morgan fingerprint density at radius 2 is 1.85 bits per heavy atom.